The molecule has 0 heterocycles. The molecule has 4 nitrogen and oxygen atoms in total. The van der Waals surface area contributed by atoms with Gasteiger partial charge in [0.25, 0.3) is 0 Å². The third-order valence-corrected chi connectivity index (χ3v) is 6.55. The Hall–Kier alpha value is -2.14. The van der Waals surface area contributed by atoms with E-state index in [2.05, 4.69) is 13.8 Å². The van der Waals surface area contributed by atoms with Crippen molar-refractivity contribution in [3.8, 4) is 0 Å². The molecule has 0 aromatic heterocycles. The highest BCUT2D eigenvalue weighted by molar-refractivity contribution is 7.92. The summed E-state index contributed by atoms with van der Waals surface area (Å²) in [6.07, 6.45) is 0. The van der Waals surface area contributed by atoms with Crippen molar-refractivity contribution >= 4 is 15.7 Å². The summed E-state index contributed by atoms with van der Waals surface area (Å²) in [6.45, 7) is 6.05. The molecule has 0 bridgehead atoms. The lowest BCUT2D eigenvalue weighted by atomic mass is 10.0. The van der Waals surface area contributed by atoms with E-state index in [0.717, 1.165) is 11.1 Å². The highest BCUT2D eigenvalue weighted by Crippen LogP contribution is 2.18. The van der Waals surface area contributed by atoms with E-state index in [0.29, 0.717) is 18.0 Å². The lowest BCUT2D eigenvalue weighted by Crippen LogP contribution is -2.39. The molecular formula is C21H27NO3S. The SMILES string of the molecule is CC(C)c1ccc(CS(=O)(=O)C(C)C(=O)N(C)Cc2ccccc2)cc1. The van der Waals surface area contributed by atoms with Crippen LogP contribution in [0.1, 0.15) is 43.4 Å². The number of nitrogens with zero attached hydrogens (tertiary/aromatic N) is 1. The standard InChI is InChI=1S/C21H27NO3S/c1-16(2)20-12-10-19(11-13-20)15-26(24,25)17(3)21(23)22(4)14-18-8-6-5-7-9-18/h5-13,16-17H,14-15H2,1-4H3. The first-order valence-corrected chi connectivity index (χ1v) is 10.5. The number of hydrogen-bond donors (Lipinski definition) is 0. The Bertz CT molecular complexity index is 827. The number of sulfone groups is 1. The molecule has 1 amide bonds. The van der Waals surface area contributed by atoms with Gasteiger partial charge in [0.2, 0.25) is 5.91 Å². The number of hydrogen-bond acceptors (Lipinski definition) is 3. The van der Waals surface area contributed by atoms with Gasteiger partial charge in [-0.05, 0) is 29.5 Å². The van der Waals surface area contributed by atoms with Crippen LogP contribution in [0, 0.1) is 0 Å². The molecule has 0 fully saturated rings. The molecule has 0 radical (unpaired) electrons. The zero-order chi connectivity index (χ0) is 19.3. The smallest absolute Gasteiger partial charge is 0.240 e. The third-order valence-electron chi connectivity index (χ3n) is 4.54. The lowest BCUT2D eigenvalue weighted by molar-refractivity contribution is -0.129. The molecule has 26 heavy (non-hydrogen) atoms. The fourth-order valence-corrected chi connectivity index (χ4v) is 4.15. The van der Waals surface area contributed by atoms with Gasteiger partial charge < -0.3 is 4.90 Å². The molecule has 2 aromatic rings. The first kappa shape index (κ1) is 20.2. The zero-order valence-corrected chi connectivity index (χ0v) is 16.7. The second-order valence-corrected chi connectivity index (χ2v) is 9.35. The summed E-state index contributed by atoms with van der Waals surface area (Å²) in [4.78, 5) is 14.0. The third kappa shape index (κ3) is 5.18. The van der Waals surface area contributed by atoms with Gasteiger partial charge in [-0.2, -0.15) is 0 Å². The fourth-order valence-electron chi connectivity index (χ4n) is 2.76. The minimum absolute atomic E-state index is 0.128. The maximum absolute atomic E-state index is 12.7. The van der Waals surface area contributed by atoms with E-state index < -0.39 is 15.1 Å². The number of rotatable bonds is 7. The van der Waals surface area contributed by atoms with Crippen LogP contribution in [0.5, 0.6) is 0 Å². The highest BCUT2D eigenvalue weighted by Gasteiger charge is 2.30. The van der Waals surface area contributed by atoms with Crippen LogP contribution in [0.4, 0.5) is 0 Å². The van der Waals surface area contributed by atoms with Gasteiger partial charge in [0.05, 0.1) is 5.75 Å². The summed E-state index contributed by atoms with van der Waals surface area (Å²) in [7, 11) is -1.94. The molecular weight excluding hydrogens is 346 g/mol. The van der Waals surface area contributed by atoms with E-state index >= 15 is 0 Å². The molecule has 0 saturated carbocycles. The molecule has 1 unspecified atom stereocenters. The van der Waals surface area contributed by atoms with E-state index in [-0.39, 0.29) is 11.7 Å². The van der Waals surface area contributed by atoms with Crippen LogP contribution in [-0.2, 0) is 26.9 Å². The molecule has 5 heteroatoms. The number of benzene rings is 2. The second kappa shape index (κ2) is 8.49. The zero-order valence-electron chi connectivity index (χ0n) is 15.8. The van der Waals surface area contributed by atoms with Gasteiger partial charge in [-0.15, -0.1) is 0 Å². The van der Waals surface area contributed by atoms with Crippen LogP contribution in [0.3, 0.4) is 0 Å². The highest BCUT2D eigenvalue weighted by atomic mass is 32.2. The molecule has 140 valence electrons. The Balaban J connectivity index is 2.05. The van der Waals surface area contributed by atoms with Crippen molar-refractivity contribution in [2.24, 2.45) is 0 Å². The van der Waals surface area contributed by atoms with Gasteiger partial charge in [-0.1, -0.05) is 68.4 Å². The molecule has 0 aliphatic heterocycles. The fraction of sp³-hybridized carbons (Fsp3) is 0.381. The van der Waals surface area contributed by atoms with Crippen molar-refractivity contribution in [2.75, 3.05) is 7.05 Å². The van der Waals surface area contributed by atoms with Crippen LogP contribution in [0.15, 0.2) is 54.6 Å². The monoisotopic (exact) mass is 373 g/mol. The Morgan fingerprint density at radius 1 is 0.923 bits per heavy atom. The topological polar surface area (TPSA) is 54.5 Å². The maximum atomic E-state index is 12.7. The van der Waals surface area contributed by atoms with E-state index in [4.69, 9.17) is 0 Å². The number of carbonyl (C=O) groups is 1. The Labute approximate surface area is 156 Å². The van der Waals surface area contributed by atoms with Gasteiger partial charge >= 0.3 is 0 Å². The van der Waals surface area contributed by atoms with E-state index in [1.807, 2.05) is 54.6 Å². The molecule has 0 aliphatic carbocycles. The van der Waals surface area contributed by atoms with Crippen LogP contribution in [-0.4, -0.2) is 31.5 Å². The van der Waals surface area contributed by atoms with E-state index in [1.165, 1.54) is 11.8 Å². The summed E-state index contributed by atoms with van der Waals surface area (Å²) in [6, 6.07) is 17.1. The second-order valence-electron chi connectivity index (χ2n) is 7.03. The molecule has 0 saturated heterocycles. The van der Waals surface area contributed by atoms with Gasteiger partial charge in [0, 0.05) is 13.6 Å². The van der Waals surface area contributed by atoms with E-state index in [1.54, 1.807) is 7.05 Å². The Morgan fingerprint density at radius 2 is 1.50 bits per heavy atom. The first-order valence-electron chi connectivity index (χ1n) is 8.80. The van der Waals surface area contributed by atoms with Crippen molar-refractivity contribution < 1.29 is 13.2 Å². The number of amides is 1. The van der Waals surface area contributed by atoms with Gasteiger partial charge in [-0.25, -0.2) is 8.42 Å². The number of carbonyl (C=O) groups excluding carboxylic acids is 1. The largest absolute Gasteiger partial charge is 0.340 e. The summed E-state index contributed by atoms with van der Waals surface area (Å²) in [5, 5.41) is -1.07. The summed E-state index contributed by atoms with van der Waals surface area (Å²) in [5.41, 5.74) is 2.84. The van der Waals surface area contributed by atoms with Crippen LogP contribution >= 0.6 is 0 Å². The Kier molecular flexibility index (Phi) is 6.59. The van der Waals surface area contributed by atoms with Crippen molar-refractivity contribution in [2.45, 2.75) is 44.2 Å². The molecule has 2 aromatic carbocycles. The minimum Gasteiger partial charge on any atom is -0.340 e. The molecule has 0 spiro atoms. The average molecular weight is 374 g/mol. The van der Waals surface area contributed by atoms with Gasteiger partial charge in [-0.3, -0.25) is 4.79 Å². The van der Waals surface area contributed by atoms with Crippen molar-refractivity contribution in [1.29, 1.82) is 0 Å². The van der Waals surface area contributed by atoms with Crippen LogP contribution in [0.25, 0.3) is 0 Å². The van der Waals surface area contributed by atoms with Gasteiger partial charge in [0.1, 0.15) is 5.25 Å². The van der Waals surface area contributed by atoms with E-state index in [9.17, 15) is 13.2 Å². The quantitative estimate of drug-likeness (QED) is 0.742. The summed E-state index contributed by atoms with van der Waals surface area (Å²) < 4.78 is 25.3. The Morgan fingerprint density at radius 3 is 2.04 bits per heavy atom. The predicted octanol–water partition coefficient (Wildman–Crippen LogP) is 3.77. The van der Waals surface area contributed by atoms with Crippen LogP contribution < -0.4 is 0 Å². The van der Waals surface area contributed by atoms with Crippen LogP contribution in [0.2, 0.25) is 0 Å². The normalized spacial score (nSPS) is 12.8. The lowest BCUT2D eigenvalue weighted by Gasteiger charge is -2.21. The first-order chi connectivity index (χ1) is 12.2. The molecule has 1 atom stereocenters. The van der Waals surface area contributed by atoms with Gasteiger partial charge in [0.15, 0.2) is 9.84 Å². The predicted molar refractivity (Wildman–Crippen MR) is 106 cm³/mol. The molecule has 0 aliphatic rings. The summed E-state index contributed by atoms with van der Waals surface area (Å²) >= 11 is 0. The molecule has 2 rings (SSSR count). The summed E-state index contributed by atoms with van der Waals surface area (Å²) in [5.74, 6) is -0.113. The van der Waals surface area contributed by atoms with Crippen molar-refractivity contribution in [1.82, 2.24) is 4.90 Å². The minimum atomic E-state index is -3.57. The van der Waals surface area contributed by atoms with Crippen molar-refractivity contribution in [3.05, 3.63) is 71.3 Å². The molecule has 0 N–H and O–H groups in total. The average Bonchev–Trinajstić information content (AvgIpc) is 2.61. The van der Waals surface area contributed by atoms with Crippen molar-refractivity contribution in [3.63, 3.8) is 0 Å². The maximum Gasteiger partial charge on any atom is 0.240 e.